The van der Waals surface area contributed by atoms with Crippen molar-refractivity contribution in [2.45, 2.75) is 23.3 Å². The van der Waals surface area contributed by atoms with E-state index in [4.69, 9.17) is 4.52 Å². The van der Waals surface area contributed by atoms with Crippen molar-refractivity contribution >= 4 is 62.1 Å². The number of hydrogen-bond acceptors (Lipinski definition) is 8. The number of para-hydroxylation sites is 2. The first-order chi connectivity index (χ1) is 14.7. The highest BCUT2D eigenvalue weighted by atomic mass is 32.2. The molecule has 0 saturated carbocycles. The van der Waals surface area contributed by atoms with Gasteiger partial charge in [0.25, 0.3) is 10.0 Å². The summed E-state index contributed by atoms with van der Waals surface area (Å²) in [5, 5.41) is 10.1. The van der Waals surface area contributed by atoms with Gasteiger partial charge < -0.3 is 15.2 Å². The number of aryl methyl sites for hydroxylation is 1. The lowest BCUT2D eigenvalue weighted by Gasteiger charge is -2.14. The van der Waals surface area contributed by atoms with E-state index < -0.39 is 15.3 Å². The van der Waals surface area contributed by atoms with Gasteiger partial charge >= 0.3 is 0 Å². The van der Waals surface area contributed by atoms with Crippen molar-refractivity contribution < 1.29 is 22.5 Å². The number of nitrogens with zero attached hydrogens (tertiary/aromatic N) is 1. The zero-order valence-electron chi connectivity index (χ0n) is 16.6. The second-order valence-corrected chi connectivity index (χ2v) is 10.6. The predicted molar refractivity (Wildman–Crippen MR) is 122 cm³/mol. The Labute approximate surface area is 187 Å². The Morgan fingerprint density at radius 1 is 1.16 bits per heavy atom. The van der Waals surface area contributed by atoms with Crippen LogP contribution in [-0.2, 0) is 19.6 Å². The lowest BCUT2D eigenvalue weighted by molar-refractivity contribution is -0.115. The van der Waals surface area contributed by atoms with E-state index in [0.29, 0.717) is 17.3 Å². The molecule has 164 valence electrons. The molecule has 0 saturated heterocycles. The largest absolute Gasteiger partial charge is 0.360 e. The van der Waals surface area contributed by atoms with Crippen LogP contribution in [0.3, 0.4) is 0 Å². The molecule has 3 N–H and O–H groups in total. The number of nitrogens with one attached hydrogen (secondary N) is 3. The van der Waals surface area contributed by atoms with Crippen LogP contribution in [0.1, 0.15) is 12.7 Å². The molecule has 2 heterocycles. The van der Waals surface area contributed by atoms with E-state index in [2.05, 4.69) is 20.5 Å². The van der Waals surface area contributed by atoms with Crippen LogP contribution >= 0.6 is 23.1 Å². The molecule has 0 radical (unpaired) electrons. The standard InChI is InChI=1S/C19H20N4O5S3/c1-12-10-16(22-28-12)21-19(25)13(2)30-11-17(24)20-14-6-3-4-7-15(14)23-31(26,27)18-8-5-9-29-18/h3-10,13,23H,11H2,1-2H3,(H,20,24)(H,21,22,25)/t13-/m0/s1. The Morgan fingerprint density at radius 3 is 2.55 bits per heavy atom. The van der Waals surface area contributed by atoms with Crippen LogP contribution in [0.5, 0.6) is 0 Å². The third-order valence-electron chi connectivity index (χ3n) is 3.92. The second-order valence-electron chi connectivity index (χ2n) is 6.40. The van der Waals surface area contributed by atoms with Crippen LogP contribution in [0.15, 0.2) is 56.6 Å². The summed E-state index contributed by atoms with van der Waals surface area (Å²) in [6, 6.07) is 11.2. The molecule has 0 aliphatic heterocycles. The van der Waals surface area contributed by atoms with Gasteiger partial charge in [-0.1, -0.05) is 23.4 Å². The van der Waals surface area contributed by atoms with Gasteiger partial charge in [-0.25, -0.2) is 8.42 Å². The molecular formula is C19H20N4O5S3. The SMILES string of the molecule is Cc1cc(NC(=O)[C@H](C)SCC(=O)Nc2ccccc2NS(=O)(=O)c2cccs2)no1. The Balaban J connectivity index is 1.56. The molecule has 9 nitrogen and oxygen atoms in total. The van der Waals surface area contributed by atoms with Gasteiger partial charge in [-0.3, -0.25) is 14.3 Å². The van der Waals surface area contributed by atoms with Crippen molar-refractivity contribution in [2.24, 2.45) is 0 Å². The average Bonchev–Trinajstić information content (AvgIpc) is 3.40. The summed E-state index contributed by atoms with van der Waals surface area (Å²) < 4.78 is 32.5. The van der Waals surface area contributed by atoms with Gasteiger partial charge in [0.1, 0.15) is 9.97 Å². The predicted octanol–water partition coefficient (Wildman–Crippen LogP) is 3.54. The van der Waals surface area contributed by atoms with Gasteiger partial charge in [-0.05, 0) is 37.4 Å². The minimum Gasteiger partial charge on any atom is -0.360 e. The maximum atomic E-state index is 12.5. The zero-order valence-corrected chi connectivity index (χ0v) is 19.1. The van der Waals surface area contributed by atoms with Crippen molar-refractivity contribution in [1.82, 2.24) is 5.16 Å². The highest BCUT2D eigenvalue weighted by Crippen LogP contribution is 2.26. The number of thiophene rings is 1. The van der Waals surface area contributed by atoms with E-state index in [-0.39, 0.29) is 27.5 Å². The van der Waals surface area contributed by atoms with Crippen LogP contribution in [0.4, 0.5) is 17.2 Å². The lowest BCUT2D eigenvalue weighted by Crippen LogP contribution is -2.25. The number of sulfonamides is 1. The second kappa shape index (κ2) is 9.98. The van der Waals surface area contributed by atoms with E-state index in [0.717, 1.165) is 23.1 Å². The number of anilines is 3. The molecule has 2 amide bonds. The molecule has 0 unspecified atom stereocenters. The van der Waals surface area contributed by atoms with E-state index >= 15 is 0 Å². The van der Waals surface area contributed by atoms with E-state index in [1.54, 1.807) is 55.6 Å². The lowest BCUT2D eigenvalue weighted by atomic mass is 10.3. The normalized spacial score (nSPS) is 12.2. The van der Waals surface area contributed by atoms with Gasteiger partial charge in [-0.2, -0.15) is 0 Å². The number of benzene rings is 1. The number of amides is 2. The molecule has 0 bridgehead atoms. The fraction of sp³-hybridized carbons (Fsp3) is 0.211. The number of rotatable bonds is 9. The monoisotopic (exact) mass is 480 g/mol. The zero-order chi connectivity index (χ0) is 22.4. The van der Waals surface area contributed by atoms with Crippen LogP contribution in [0.2, 0.25) is 0 Å². The van der Waals surface area contributed by atoms with E-state index in [1.807, 2.05) is 0 Å². The van der Waals surface area contributed by atoms with E-state index in [9.17, 15) is 18.0 Å². The molecule has 1 atom stereocenters. The van der Waals surface area contributed by atoms with Crippen LogP contribution in [0, 0.1) is 6.92 Å². The van der Waals surface area contributed by atoms with Crippen molar-refractivity contribution in [3.05, 3.63) is 53.6 Å². The topological polar surface area (TPSA) is 130 Å². The van der Waals surface area contributed by atoms with Crippen molar-refractivity contribution in [3.8, 4) is 0 Å². The Morgan fingerprint density at radius 2 is 1.90 bits per heavy atom. The molecule has 1 aromatic carbocycles. The summed E-state index contributed by atoms with van der Waals surface area (Å²) >= 11 is 2.23. The van der Waals surface area contributed by atoms with Crippen LogP contribution in [0.25, 0.3) is 0 Å². The number of aromatic nitrogens is 1. The molecule has 3 rings (SSSR count). The molecule has 0 aliphatic rings. The van der Waals surface area contributed by atoms with Crippen molar-refractivity contribution in [2.75, 3.05) is 21.1 Å². The fourth-order valence-corrected chi connectivity index (χ4v) is 5.16. The Kier molecular flexibility index (Phi) is 7.36. The van der Waals surface area contributed by atoms with Crippen LogP contribution in [-0.4, -0.2) is 36.4 Å². The molecule has 2 aromatic heterocycles. The van der Waals surface area contributed by atoms with Gasteiger partial charge in [0.05, 0.1) is 22.4 Å². The van der Waals surface area contributed by atoms with Crippen molar-refractivity contribution in [1.29, 1.82) is 0 Å². The summed E-state index contributed by atoms with van der Waals surface area (Å²) in [6.07, 6.45) is 0. The highest BCUT2D eigenvalue weighted by Gasteiger charge is 2.19. The summed E-state index contributed by atoms with van der Waals surface area (Å²) in [5.74, 6) is 0.202. The fourth-order valence-electron chi connectivity index (χ4n) is 2.41. The van der Waals surface area contributed by atoms with E-state index in [1.165, 1.54) is 6.07 Å². The highest BCUT2D eigenvalue weighted by molar-refractivity contribution is 8.01. The summed E-state index contributed by atoms with van der Waals surface area (Å²) in [5.41, 5.74) is 0.574. The van der Waals surface area contributed by atoms with Crippen molar-refractivity contribution in [3.63, 3.8) is 0 Å². The maximum Gasteiger partial charge on any atom is 0.271 e. The average molecular weight is 481 g/mol. The first-order valence-electron chi connectivity index (χ1n) is 9.05. The Hall–Kier alpha value is -2.83. The van der Waals surface area contributed by atoms with Gasteiger partial charge in [0.15, 0.2) is 5.82 Å². The maximum absolute atomic E-state index is 12.5. The molecule has 3 aromatic rings. The number of hydrogen-bond donors (Lipinski definition) is 3. The first kappa shape index (κ1) is 22.8. The minimum atomic E-state index is -3.75. The van der Waals surface area contributed by atoms with Gasteiger partial charge in [0.2, 0.25) is 11.8 Å². The number of carbonyl (C=O) groups excluding carboxylic acids is 2. The van der Waals surface area contributed by atoms with Gasteiger partial charge in [0, 0.05) is 6.07 Å². The minimum absolute atomic E-state index is 0.00155. The molecule has 12 heteroatoms. The molecule has 0 fully saturated rings. The third-order valence-corrected chi connectivity index (χ3v) is 7.82. The molecule has 0 aliphatic carbocycles. The third kappa shape index (κ3) is 6.32. The molecule has 31 heavy (non-hydrogen) atoms. The summed E-state index contributed by atoms with van der Waals surface area (Å²) in [6.45, 7) is 3.38. The first-order valence-corrected chi connectivity index (χ1v) is 12.5. The quantitative estimate of drug-likeness (QED) is 0.427. The Bertz CT molecular complexity index is 1160. The molecule has 0 spiro atoms. The smallest absolute Gasteiger partial charge is 0.271 e. The molecular weight excluding hydrogens is 460 g/mol. The summed E-state index contributed by atoms with van der Waals surface area (Å²) in [4.78, 5) is 24.6. The summed E-state index contributed by atoms with van der Waals surface area (Å²) in [7, 11) is -3.75. The number of thioether (sulfide) groups is 1. The van der Waals surface area contributed by atoms with Gasteiger partial charge in [-0.15, -0.1) is 23.1 Å². The van der Waals surface area contributed by atoms with Crippen LogP contribution < -0.4 is 15.4 Å². The number of carbonyl (C=O) groups is 2.